The molecule has 0 aromatic heterocycles. The van der Waals surface area contributed by atoms with Crippen molar-refractivity contribution in [2.75, 3.05) is 33.2 Å². The second-order valence-electron chi connectivity index (χ2n) is 5.78. The molecule has 2 nitrogen and oxygen atoms in total. The molecule has 0 spiro atoms. The van der Waals surface area contributed by atoms with Gasteiger partial charge in [0, 0.05) is 13.1 Å². The van der Waals surface area contributed by atoms with Crippen LogP contribution in [0.2, 0.25) is 0 Å². The molecule has 0 aliphatic carbocycles. The van der Waals surface area contributed by atoms with Gasteiger partial charge in [0.1, 0.15) is 0 Å². The van der Waals surface area contributed by atoms with Crippen LogP contribution in [0.1, 0.15) is 34.1 Å². The highest BCUT2D eigenvalue weighted by Crippen LogP contribution is 2.21. The highest BCUT2D eigenvalue weighted by molar-refractivity contribution is 4.79. The molecule has 0 radical (unpaired) electrons. The lowest BCUT2D eigenvalue weighted by Gasteiger charge is -2.33. The van der Waals surface area contributed by atoms with E-state index in [1.165, 1.54) is 0 Å². The number of nitrogens with zero attached hydrogens (tertiary/aromatic N) is 1. The highest BCUT2D eigenvalue weighted by atomic mass is 19.3. The van der Waals surface area contributed by atoms with Gasteiger partial charge in [-0.3, -0.25) is 0 Å². The van der Waals surface area contributed by atoms with Gasteiger partial charge in [-0.25, -0.2) is 8.78 Å². The third-order valence-electron chi connectivity index (χ3n) is 3.06. The van der Waals surface area contributed by atoms with Gasteiger partial charge in [-0.2, -0.15) is 0 Å². The first-order valence-corrected chi connectivity index (χ1v) is 6.46. The van der Waals surface area contributed by atoms with Gasteiger partial charge in [0.05, 0.1) is 6.54 Å². The van der Waals surface area contributed by atoms with E-state index in [2.05, 4.69) is 33.0 Å². The predicted molar refractivity (Wildman–Crippen MR) is 69.6 cm³/mol. The molecule has 17 heavy (non-hydrogen) atoms. The molecule has 1 N–H and O–H groups in total. The molecule has 0 rings (SSSR count). The second kappa shape index (κ2) is 7.98. The quantitative estimate of drug-likeness (QED) is 0.677. The smallest absolute Gasteiger partial charge is 0.251 e. The maximum absolute atomic E-state index is 12.3. The van der Waals surface area contributed by atoms with Gasteiger partial charge in [-0.15, -0.1) is 0 Å². The van der Waals surface area contributed by atoms with Crippen molar-refractivity contribution in [1.82, 2.24) is 10.2 Å². The summed E-state index contributed by atoms with van der Waals surface area (Å²) >= 11 is 0. The minimum absolute atomic E-state index is 0.0680. The molecule has 0 saturated heterocycles. The van der Waals surface area contributed by atoms with Gasteiger partial charge in [-0.05, 0) is 31.3 Å². The molecule has 0 aliphatic heterocycles. The summed E-state index contributed by atoms with van der Waals surface area (Å²) in [5.74, 6) is 0.620. The molecule has 4 heteroatoms. The Kier molecular flexibility index (Phi) is 7.88. The Morgan fingerprint density at radius 2 is 1.88 bits per heavy atom. The number of nitrogens with one attached hydrogen (secondary N) is 1. The van der Waals surface area contributed by atoms with Crippen molar-refractivity contribution in [2.24, 2.45) is 11.3 Å². The van der Waals surface area contributed by atoms with Crippen LogP contribution in [0.4, 0.5) is 8.78 Å². The van der Waals surface area contributed by atoms with Gasteiger partial charge >= 0.3 is 0 Å². The average Bonchev–Trinajstić information content (AvgIpc) is 2.15. The summed E-state index contributed by atoms with van der Waals surface area (Å²) in [6, 6.07) is 0. The van der Waals surface area contributed by atoms with E-state index in [0.29, 0.717) is 12.5 Å². The molecule has 1 atom stereocenters. The van der Waals surface area contributed by atoms with Gasteiger partial charge in [0.25, 0.3) is 6.43 Å². The Bertz CT molecular complexity index is 198. The van der Waals surface area contributed by atoms with Crippen LogP contribution in [0.5, 0.6) is 0 Å². The third-order valence-corrected chi connectivity index (χ3v) is 3.06. The van der Waals surface area contributed by atoms with Crippen molar-refractivity contribution in [1.29, 1.82) is 0 Å². The summed E-state index contributed by atoms with van der Waals surface area (Å²) in [4.78, 5) is 1.73. The number of alkyl halides is 2. The molecule has 0 heterocycles. The maximum Gasteiger partial charge on any atom is 0.251 e. The van der Waals surface area contributed by atoms with Crippen LogP contribution < -0.4 is 5.32 Å². The second-order valence-corrected chi connectivity index (χ2v) is 5.78. The van der Waals surface area contributed by atoms with Crippen LogP contribution in [0.15, 0.2) is 0 Å². The summed E-state index contributed by atoms with van der Waals surface area (Å²) in [5.41, 5.74) is 0.0680. The number of halogens is 2. The molecular formula is C13H28F2N2. The van der Waals surface area contributed by atoms with Crippen LogP contribution in [-0.4, -0.2) is 44.6 Å². The Morgan fingerprint density at radius 3 is 2.29 bits per heavy atom. The van der Waals surface area contributed by atoms with E-state index in [4.69, 9.17) is 0 Å². The largest absolute Gasteiger partial charge is 0.316 e. The van der Waals surface area contributed by atoms with Crippen LogP contribution in [0.3, 0.4) is 0 Å². The van der Waals surface area contributed by atoms with Crippen molar-refractivity contribution in [3.63, 3.8) is 0 Å². The minimum Gasteiger partial charge on any atom is -0.316 e. The highest BCUT2D eigenvalue weighted by Gasteiger charge is 2.24. The lowest BCUT2D eigenvalue weighted by molar-refractivity contribution is 0.0772. The topological polar surface area (TPSA) is 15.3 Å². The molecule has 1 unspecified atom stereocenters. The molecule has 0 saturated carbocycles. The van der Waals surface area contributed by atoms with E-state index in [-0.39, 0.29) is 12.0 Å². The van der Waals surface area contributed by atoms with E-state index < -0.39 is 6.43 Å². The Labute approximate surface area is 105 Å². The zero-order valence-electron chi connectivity index (χ0n) is 11.9. The fourth-order valence-electron chi connectivity index (χ4n) is 1.91. The van der Waals surface area contributed by atoms with Gasteiger partial charge in [-0.1, -0.05) is 27.7 Å². The Balaban J connectivity index is 4.07. The fraction of sp³-hybridized carbons (Fsp3) is 1.00. The minimum atomic E-state index is -2.25. The number of hydrogen-bond donors (Lipinski definition) is 1. The first-order chi connectivity index (χ1) is 7.79. The van der Waals surface area contributed by atoms with Crippen LogP contribution >= 0.6 is 0 Å². The molecular weight excluding hydrogens is 222 g/mol. The summed E-state index contributed by atoms with van der Waals surface area (Å²) in [6.45, 7) is 11.0. The van der Waals surface area contributed by atoms with Gasteiger partial charge in [0.15, 0.2) is 0 Å². The Morgan fingerprint density at radius 1 is 1.29 bits per heavy atom. The maximum atomic E-state index is 12.3. The summed E-state index contributed by atoms with van der Waals surface area (Å²) in [5, 5.41) is 3.42. The van der Waals surface area contributed by atoms with Crippen LogP contribution in [0, 0.1) is 11.3 Å². The molecule has 0 amide bonds. The van der Waals surface area contributed by atoms with E-state index in [0.717, 1.165) is 19.5 Å². The van der Waals surface area contributed by atoms with E-state index >= 15 is 0 Å². The summed E-state index contributed by atoms with van der Waals surface area (Å²) < 4.78 is 24.5. The van der Waals surface area contributed by atoms with Crippen molar-refractivity contribution in [2.45, 2.75) is 40.5 Å². The Hall–Kier alpha value is -0.220. The molecule has 0 aromatic rings. The van der Waals surface area contributed by atoms with Crippen molar-refractivity contribution < 1.29 is 8.78 Å². The molecule has 0 aromatic carbocycles. The summed E-state index contributed by atoms with van der Waals surface area (Å²) in [7, 11) is 1.77. The molecule has 0 aliphatic rings. The van der Waals surface area contributed by atoms with Gasteiger partial charge < -0.3 is 10.2 Å². The number of rotatable bonds is 9. The zero-order chi connectivity index (χ0) is 13.5. The van der Waals surface area contributed by atoms with Crippen molar-refractivity contribution in [3.8, 4) is 0 Å². The average molecular weight is 250 g/mol. The number of hydrogen-bond acceptors (Lipinski definition) is 2. The van der Waals surface area contributed by atoms with E-state index in [1.54, 1.807) is 11.9 Å². The normalized spacial score (nSPS) is 15.9. The molecule has 0 bridgehead atoms. The predicted octanol–water partition coefficient (Wildman–Crippen LogP) is 2.85. The van der Waals surface area contributed by atoms with Gasteiger partial charge in [0.2, 0.25) is 0 Å². The van der Waals surface area contributed by atoms with Crippen LogP contribution in [-0.2, 0) is 0 Å². The summed E-state index contributed by atoms with van der Waals surface area (Å²) in [6.07, 6.45) is -1.25. The van der Waals surface area contributed by atoms with E-state index in [9.17, 15) is 8.78 Å². The molecule has 104 valence electrons. The first-order valence-electron chi connectivity index (χ1n) is 6.46. The van der Waals surface area contributed by atoms with Crippen LogP contribution in [0.25, 0.3) is 0 Å². The lowest BCUT2D eigenvalue weighted by Crippen LogP contribution is -2.42. The SMILES string of the molecule is CCC(C)(CNCC(C)C)CN(C)CC(F)F. The fourth-order valence-corrected chi connectivity index (χ4v) is 1.91. The standard InChI is InChI=1S/C13H28F2N2/c1-6-13(4,9-16-7-11(2)3)10-17(5)8-12(14)15/h11-12,16H,6-10H2,1-5H3. The van der Waals surface area contributed by atoms with Crippen molar-refractivity contribution in [3.05, 3.63) is 0 Å². The van der Waals surface area contributed by atoms with E-state index in [1.807, 2.05) is 0 Å². The van der Waals surface area contributed by atoms with Crippen molar-refractivity contribution >= 4 is 0 Å². The zero-order valence-corrected chi connectivity index (χ0v) is 11.9. The monoisotopic (exact) mass is 250 g/mol. The lowest BCUT2D eigenvalue weighted by atomic mass is 9.86. The first kappa shape index (κ1) is 16.8. The molecule has 0 fully saturated rings. The third kappa shape index (κ3) is 8.50.